The van der Waals surface area contributed by atoms with E-state index in [1.165, 1.54) is 6.33 Å². The van der Waals surface area contributed by atoms with Gasteiger partial charge in [0.25, 0.3) is 0 Å². The van der Waals surface area contributed by atoms with Gasteiger partial charge in [0.2, 0.25) is 5.95 Å². The third kappa shape index (κ3) is 2.49. The van der Waals surface area contributed by atoms with Crippen LogP contribution >= 0.6 is 0 Å². The van der Waals surface area contributed by atoms with Crippen LogP contribution in [0, 0.1) is 5.92 Å². The third-order valence-corrected chi connectivity index (χ3v) is 1.23. The van der Waals surface area contributed by atoms with Crippen LogP contribution < -0.4 is 5.73 Å². The number of rotatable bonds is 2. The summed E-state index contributed by atoms with van der Waals surface area (Å²) >= 11 is 0. The Morgan fingerprint density at radius 1 is 1.45 bits per heavy atom. The van der Waals surface area contributed by atoms with Gasteiger partial charge in [0.05, 0.1) is 0 Å². The molecule has 1 aromatic rings. The molecule has 0 aliphatic rings. The van der Waals surface area contributed by atoms with Crippen LogP contribution in [0.5, 0.6) is 0 Å². The molecular weight excluding hydrogens is 140 g/mol. The van der Waals surface area contributed by atoms with E-state index in [0.717, 1.165) is 12.2 Å². The molecule has 0 radical (unpaired) electrons. The Morgan fingerprint density at radius 2 is 2.18 bits per heavy atom. The van der Waals surface area contributed by atoms with E-state index in [1.807, 2.05) is 0 Å². The second kappa shape index (κ2) is 3.27. The van der Waals surface area contributed by atoms with Crippen molar-refractivity contribution < 1.29 is 0 Å². The Bertz CT molecular complexity index is 234. The van der Waals surface area contributed by atoms with Gasteiger partial charge in [-0.15, -0.1) is 0 Å². The minimum absolute atomic E-state index is 0.302. The van der Waals surface area contributed by atoms with Crippen LogP contribution in [-0.4, -0.2) is 15.0 Å². The second-order valence-corrected chi connectivity index (χ2v) is 2.86. The van der Waals surface area contributed by atoms with E-state index in [9.17, 15) is 0 Å². The first-order valence-corrected chi connectivity index (χ1v) is 3.62. The van der Waals surface area contributed by atoms with Crippen LogP contribution in [-0.2, 0) is 6.42 Å². The molecule has 0 aliphatic carbocycles. The number of hydrogen-bond donors (Lipinski definition) is 1. The lowest BCUT2D eigenvalue weighted by atomic mass is 10.1. The molecule has 0 atom stereocenters. The Labute approximate surface area is 65.9 Å². The van der Waals surface area contributed by atoms with E-state index in [2.05, 4.69) is 28.8 Å². The normalized spacial score (nSPS) is 10.5. The molecule has 0 fully saturated rings. The quantitative estimate of drug-likeness (QED) is 0.675. The Kier molecular flexibility index (Phi) is 2.36. The zero-order valence-corrected chi connectivity index (χ0v) is 6.78. The lowest BCUT2D eigenvalue weighted by Gasteiger charge is -2.01. The zero-order chi connectivity index (χ0) is 8.27. The maximum absolute atomic E-state index is 5.37. The molecule has 1 aromatic heterocycles. The van der Waals surface area contributed by atoms with E-state index in [1.54, 1.807) is 0 Å². The molecule has 0 amide bonds. The summed E-state index contributed by atoms with van der Waals surface area (Å²) in [5, 5.41) is 0. The smallest absolute Gasteiger partial charge is 0.223 e. The van der Waals surface area contributed by atoms with Crippen molar-refractivity contribution >= 4 is 5.95 Å². The summed E-state index contributed by atoms with van der Waals surface area (Å²) in [6.07, 6.45) is 2.30. The van der Waals surface area contributed by atoms with Gasteiger partial charge in [0.1, 0.15) is 12.2 Å². The molecule has 2 N–H and O–H groups in total. The van der Waals surface area contributed by atoms with Gasteiger partial charge in [-0.25, -0.2) is 9.97 Å². The molecule has 60 valence electrons. The fourth-order valence-corrected chi connectivity index (χ4v) is 0.808. The summed E-state index contributed by atoms with van der Waals surface area (Å²) in [6.45, 7) is 4.22. The lowest BCUT2D eigenvalue weighted by Crippen LogP contribution is -2.04. The minimum atomic E-state index is 0.302. The Hall–Kier alpha value is -1.19. The predicted octanol–water partition coefficient (Wildman–Crippen LogP) is 0.652. The van der Waals surface area contributed by atoms with Gasteiger partial charge in [-0.1, -0.05) is 13.8 Å². The summed E-state index contributed by atoms with van der Waals surface area (Å²) in [4.78, 5) is 11.6. The summed E-state index contributed by atoms with van der Waals surface area (Å²) in [5.41, 5.74) is 5.37. The highest BCUT2D eigenvalue weighted by atomic mass is 15.1. The van der Waals surface area contributed by atoms with E-state index < -0.39 is 0 Å². The van der Waals surface area contributed by atoms with E-state index in [4.69, 9.17) is 5.73 Å². The minimum Gasteiger partial charge on any atom is -0.368 e. The van der Waals surface area contributed by atoms with Crippen molar-refractivity contribution in [1.82, 2.24) is 15.0 Å². The van der Waals surface area contributed by atoms with Gasteiger partial charge in [-0.05, 0) is 5.92 Å². The number of nitrogens with two attached hydrogens (primary N) is 1. The van der Waals surface area contributed by atoms with Crippen molar-refractivity contribution in [3.63, 3.8) is 0 Å². The highest BCUT2D eigenvalue weighted by Gasteiger charge is 2.00. The molecule has 11 heavy (non-hydrogen) atoms. The number of hydrogen-bond acceptors (Lipinski definition) is 4. The Morgan fingerprint density at radius 3 is 2.73 bits per heavy atom. The number of nitrogens with zero attached hydrogens (tertiary/aromatic N) is 3. The number of aromatic nitrogens is 3. The van der Waals surface area contributed by atoms with Crippen LogP contribution in [0.1, 0.15) is 19.7 Å². The van der Waals surface area contributed by atoms with Gasteiger partial charge in [0, 0.05) is 6.42 Å². The summed E-state index contributed by atoms with van der Waals surface area (Å²) < 4.78 is 0. The van der Waals surface area contributed by atoms with Crippen molar-refractivity contribution in [3.05, 3.63) is 12.2 Å². The van der Waals surface area contributed by atoms with Gasteiger partial charge >= 0.3 is 0 Å². The average Bonchev–Trinajstić information content (AvgIpc) is 1.85. The van der Waals surface area contributed by atoms with E-state index in [0.29, 0.717) is 11.9 Å². The molecule has 0 saturated carbocycles. The summed E-state index contributed by atoms with van der Waals surface area (Å²) in [6, 6.07) is 0. The molecule has 0 spiro atoms. The van der Waals surface area contributed by atoms with Crippen LogP contribution in [0.3, 0.4) is 0 Å². The molecule has 0 bridgehead atoms. The third-order valence-electron chi connectivity index (χ3n) is 1.23. The van der Waals surface area contributed by atoms with Crippen molar-refractivity contribution in [2.24, 2.45) is 5.92 Å². The van der Waals surface area contributed by atoms with E-state index >= 15 is 0 Å². The lowest BCUT2D eigenvalue weighted by molar-refractivity contribution is 0.618. The van der Waals surface area contributed by atoms with Crippen LogP contribution in [0.4, 0.5) is 5.95 Å². The number of anilines is 1. The fourth-order valence-electron chi connectivity index (χ4n) is 0.808. The molecule has 0 aromatic carbocycles. The topological polar surface area (TPSA) is 64.7 Å². The molecule has 1 heterocycles. The average molecular weight is 152 g/mol. The largest absolute Gasteiger partial charge is 0.368 e. The van der Waals surface area contributed by atoms with Crippen LogP contribution in [0.2, 0.25) is 0 Å². The molecule has 0 unspecified atom stereocenters. The van der Waals surface area contributed by atoms with Crippen LogP contribution in [0.15, 0.2) is 6.33 Å². The first-order chi connectivity index (χ1) is 5.18. The molecular formula is C7H12N4. The van der Waals surface area contributed by atoms with Crippen molar-refractivity contribution in [1.29, 1.82) is 0 Å². The fraction of sp³-hybridized carbons (Fsp3) is 0.571. The zero-order valence-electron chi connectivity index (χ0n) is 6.78. The SMILES string of the molecule is CC(C)Cc1ncnc(N)n1. The first-order valence-electron chi connectivity index (χ1n) is 3.62. The maximum Gasteiger partial charge on any atom is 0.223 e. The molecule has 4 nitrogen and oxygen atoms in total. The van der Waals surface area contributed by atoms with Gasteiger partial charge < -0.3 is 5.73 Å². The van der Waals surface area contributed by atoms with E-state index in [-0.39, 0.29) is 0 Å². The van der Waals surface area contributed by atoms with Crippen molar-refractivity contribution in [2.45, 2.75) is 20.3 Å². The molecule has 1 rings (SSSR count). The maximum atomic E-state index is 5.37. The molecule has 0 saturated heterocycles. The monoisotopic (exact) mass is 152 g/mol. The van der Waals surface area contributed by atoms with Gasteiger partial charge in [-0.3, -0.25) is 0 Å². The Balaban J connectivity index is 2.71. The van der Waals surface area contributed by atoms with Crippen molar-refractivity contribution in [3.8, 4) is 0 Å². The van der Waals surface area contributed by atoms with Crippen molar-refractivity contribution in [2.75, 3.05) is 5.73 Å². The number of nitrogen functional groups attached to an aromatic ring is 1. The second-order valence-electron chi connectivity index (χ2n) is 2.86. The standard InChI is InChI=1S/C7H12N4/c1-5(2)3-6-9-4-10-7(8)11-6/h4-5H,3H2,1-2H3,(H2,8,9,10,11). The van der Waals surface area contributed by atoms with Gasteiger partial charge in [0.15, 0.2) is 0 Å². The molecule has 0 aliphatic heterocycles. The highest BCUT2D eigenvalue weighted by molar-refractivity contribution is 5.12. The predicted molar refractivity (Wildman–Crippen MR) is 42.8 cm³/mol. The summed E-state index contributed by atoms with van der Waals surface area (Å²) in [7, 11) is 0. The highest BCUT2D eigenvalue weighted by Crippen LogP contribution is 2.01. The van der Waals surface area contributed by atoms with Crippen LogP contribution in [0.25, 0.3) is 0 Å². The molecule has 4 heteroatoms. The van der Waals surface area contributed by atoms with Gasteiger partial charge in [-0.2, -0.15) is 4.98 Å². The summed E-state index contributed by atoms with van der Waals surface area (Å²) in [5.74, 6) is 1.62. The first kappa shape index (κ1) is 7.91.